The SMILES string of the molecule is O=Cc1cc(-c2ccc(Cl)cc2)ccc1O. The van der Waals surface area contributed by atoms with Crippen LogP contribution in [-0.4, -0.2) is 11.4 Å². The lowest BCUT2D eigenvalue weighted by molar-refractivity contribution is 0.112. The van der Waals surface area contributed by atoms with Crippen molar-refractivity contribution in [2.75, 3.05) is 0 Å². The molecule has 80 valence electrons. The van der Waals surface area contributed by atoms with Gasteiger partial charge in [-0.05, 0) is 35.4 Å². The van der Waals surface area contributed by atoms with Gasteiger partial charge in [-0.15, -0.1) is 0 Å². The number of rotatable bonds is 2. The Labute approximate surface area is 98.1 Å². The Morgan fingerprint density at radius 2 is 1.62 bits per heavy atom. The van der Waals surface area contributed by atoms with Crippen LogP contribution in [0, 0.1) is 0 Å². The van der Waals surface area contributed by atoms with E-state index in [0.29, 0.717) is 11.3 Å². The maximum absolute atomic E-state index is 10.7. The molecule has 0 saturated carbocycles. The fourth-order valence-corrected chi connectivity index (χ4v) is 1.60. The minimum absolute atomic E-state index is 0.00675. The molecular weight excluding hydrogens is 224 g/mol. The van der Waals surface area contributed by atoms with E-state index in [4.69, 9.17) is 11.6 Å². The van der Waals surface area contributed by atoms with Gasteiger partial charge in [0, 0.05) is 5.02 Å². The van der Waals surface area contributed by atoms with E-state index in [-0.39, 0.29) is 11.3 Å². The highest BCUT2D eigenvalue weighted by atomic mass is 35.5. The maximum Gasteiger partial charge on any atom is 0.153 e. The van der Waals surface area contributed by atoms with Crippen LogP contribution in [-0.2, 0) is 0 Å². The summed E-state index contributed by atoms with van der Waals surface area (Å²) in [6, 6.07) is 12.2. The molecule has 0 radical (unpaired) electrons. The monoisotopic (exact) mass is 232 g/mol. The number of halogens is 1. The molecule has 2 aromatic rings. The molecule has 16 heavy (non-hydrogen) atoms. The number of hydrogen-bond donors (Lipinski definition) is 1. The number of aldehydes is 1. The van der Waals surface area contributed by atoms with Crippen LogP contribution >= 0.6 is 11.6 Å². The Bertz CT molecular complexity index is 518. The molecule has 3 heteroatoms. The van der Waals surface area contributed by atoms with Crippen molar-refractivity contribution in [2.24, 2.45) is 0 Å². The zero-order chi connectivity index (χ0) is 11.5. The molecule has 0 aliphatic rings. The van der Waals surface area contributed by atoms with Crippen molar-refractivity contribution >= 4 is 17.9 Å². The zero-order valence-electron chi connectivity index (χ0n) is 8.35. The lowest BCUT2D eigenvalue weighted by Gasteiger charge is -2.04. The first-order valence-corrected chi connectivity index (χ1v) is 5.12. The summed E-state index contributed by atoms with van der Waals surface area (Å²) >= 11 is 5.79. The number of phenols is 1. The lowest BCUT2D eigenvalue weighted by atomic mass is 10.0. The lowest BCUT2D eigenvalue weighted by Crippen LogP contribution is -1.84. The molecule has 2 rings (SSSR count). The van der Waals surface area contributed by atoms with E-state index in [1.807, 2.05) is 12.1 Å². The molecule has 2 aromatic carbocycles. The van der Waals surface area contributed by atoms with Gasteiger partial charge in [-0.25, -0.2) is 0 Å². The number of benzene rings is 2. The first kappa shape index (κ1) is 10.7. The standard InChI is InChI=1S/C13H9ClO2/c14-12-4-1-9(2-5-12)10-3-6-13(16)11(7-10)8-15/h1-8,16H. The molecule has 1 N–H and O–H groups in total. The Morgan fingerprint density at radius 1 is 1.00 bits per heavy atom. The highest BCUT2D eigenvalue weighted by molar-refractivity contribution is 6.30. The van der Waals surface area contributed by atoms with Crippen LogP contribution in [0.3, 0.4) is 0 Å². The highest BCUT2D eigenvalue weighted by Gasteiger charge is 2.03. The minimum Gasteiger partial charge on any atom is -0.507 e. The van der Waals surface area contributed by atoms with Crippen molar-refractivity contribution in [3.05, 3.63) is 53.1 Å². The largest absolute Gasteiger partial charge is 0.507 e. The predicted octanol–water partition coefficient (Wildman–Crippen LogP) is 3.53. The topological polar surface area (TPSA) is 37.3 Å². The first-order chi connectivity index (χ1) is 7.70. The van der Waals surface area contributed by atoms with Crippen LogP contribution in [0.25, 0.3) is 11.1 Å². The van der Waals surface area contributed by atoms with Gasteiger partial charge < -0.3 is 5.11 Å². The summed E-state index contributed by atoms with van der Waals surface area (Å²) in [4.78, 5) is 10.7. The molecule has 2 nitrogen and oxygen atoms in total. The van der Waals surface area contributed by atoms with Crippen LogP contribution in [0.4, 0.5) is 0 Å². The van der Waals surface area contributed by atoms with Crippen LogP contribution in [0.2, 0.25) is 5.02 Å². The molecular formula is C13H9ClO2. The minimum atomic E-state index is -0.00675. The summed E-state index contributed by atoms with van der Waals surface area (Å²) < 4.78 is 0. The second-order valence-corrected chi connectivity index (χ2v) is 3.83. The third-order valence-corrected chi connectivity index (χ3v) is 2.58. The predicted molar refractivity (Wildman–Crippen MR) is 63.9 cm³/mol. The second kappa shape index (κ2) is 4.37. The van der Waals surface area contributed by atoms with Crippen molar-refractivity contribution < 1.29 is 9.90 Å². The summed E-state index contributed by atoms with van der Waals surface area (Å²) in [5.41, 5.74) is 2.11. The van der Waals surface area contributed by atoms with Crippen LogP contribution in [0.1, 0.15) is 10.4 Å². The second-order valence-electron chi connectivity index (χ2n) is 3.40. The van der Waals surface area contributed by atoms with Crippen molar-refractivity contribution in [2.45, 2.75) is 0 Å². The van der Waals surface area contributed by atoms with Gasteiger partial charge in [0.2, 0.25) is 0 Å². The van der Waals surface area contributed by atoms with Gasteiger partial charge in [0.15, 0.2) is 6.29 Å². The van der Waals surface area contributed by atoms with Gasteiger partial charge in [-0.3, -0.25) is 4.79 Å². The molecule has 0 aliphatic carbocycles. The van der Waals surface area contributed by atoms with E-state index in [1.54, 1.807) is 24.3 Å². The molecule has 0 bridgehead atoms. The molecule has 0 unspecified atom stereocenters. The van der Waals surface area contributed by atoms with E-state index in [0.717, 1.165) is 11.1 Å². The van der Waals surface area contributed by atoms with Crippen molar-refractivity contribution in [3.8, 4) is 16.9 Å². The number of phenolic OH excluding ortho intramolecular Hbond substituents is 1. The summed E-state index contributed by atoms with van der Waals surface area (Å²) in [7, 11) is 0. The average molecular weight is 233 g/mol. The van der Waals surface area contributed by atoms with E-state index in [2.05, 4.69) is 0 Å². The normalized spacial score (nSPS) is 10.1. The number of hydrogen-bond acceptors (Lipinski definition) is 2. The van der Waals surface area contributed by atoms with Gasteiger partial charge >= 0.3 is 0 Å². The molecule has 0 saturated heterocycles. The van der Waals surface area contributed by atoms with E-state index >= 15 is 0 Å². The third-order valence-electron chi connectivity index (χ3n) is 2.33. The zero-order valence-corrected chi connectivity index (χ0v) is 9.11. The quantitative estimate of drug-likeness (QED) is 0.805. The summed E-state index contributed by atoms with van der Waals surface area (Å²) in [5.74, 6) is -0.00675. The average Bonchev–Trinajstić information content (AvgIpc) is 2.31. The van der Waals surface area contributed by atoms with Gasteiger partial charge in [0.25, 0.3) is 0 Å². The molecule has 0 fully saturated rings. The van der Waals surface area contributed by atoms with Crippen molar-refractivity contribution in [1.82, 2.24) is 0 Å². The molecule has 0 amide bonds. The van der Waals surface area contributed by atoms with Crippen molar-refractivity contribution in [3.63, 3.8) is 0 Å². The Kier molecular flexibility index (Phi) is 2.93. The fourth-order valence-electron chi connectivity index (χ4n) is 1.47. The number of aromatic hydroxyl groups is 1. The summed E-state index contributed by atoms with van der Waals surface area (Å²) in [6.45, 7) is 0. The third kappa shape index (κ3) is 2.07. The fraction of sp³-hybridized carbons (Fsp3) is 0. The van der Waals surface area contributed by atoms with Gasteiger partial charge in [0.1, 0.15) is 5.75 Å². The van der Waals surface area contributed by atoms with Crippen LogP contribution in [0.15, 0.2) is 42.5 Å². The van der Waals surface area contributed by atoms with E-state index < -0.39 is 0 Å². The Morgan fingerprint density at radius 3 is 2.25 bits per heavy atom. The molecule has 0 heterocycles. The van der Waals surface area contributed by atoms with Crippen molar-refractivity contribution in [1.29, 1.82) is 0 Å². The number of carbonyl (C=O) groups excluding carboxylic acids is 1. The Hall–Kier alpha value is -1.80. The number of carbonyl (C=O) groups is 1. The summed E-state index contributed by atoms with van der Waals surface area (Å²) in [5, 5.41) is 10.0. The molecule has 0 aliphatic heterocycles. The summed E-state index contributed by atoms with van der Waals surface area (Å²) in [6.07, 6.45) is 0.634. The molecule has 0 aromatic heterocycles. The smallest absolute Gasteiger partial charge is 0.153 e. The highest BCUT2D eigenvalue weighted by Crippen LogP contribution is 2.25. The van der Waals surface area contributed by atoms with Gasteiger partial charge in [-0.1, -0.05) is 29.8 Å². The molecule has 0 atom stereocenters. The maximum atomic E-state index is 10.7. The Balaban J connectivity index is 2.48. The molecule has 0 spiro atoms. The van der Waals surface area contributed by atoms with E-state index in [9.17, 15) is 9.90 Å². The van der Waals surface area contributed by atoms with Gasteiger partial charge in [0.05, 0.1) is 5.56 Å². The van der Waals surface area contributed by atoms with Gasteiger partial charge in [-0.2, -0.15) is 0 Å². The first-order valence-electron chi connectivity index (χ1n) is 4.75. The van der Waals surface area contributed by atoms with Crippen LogP contribution in [0.5, 0.6) is 5.75 Å². The van der Waals surface area contributed by atoms with E-state index in [1.165, 1.54) is 6.07 Å². The van der Waals surface area contributed by atoms with Crippen LogP contribution < -0.4 is 0 Å².